The highest BCUT2D eigenvalue weighted by molar-refractivity contribution is 6.01. The lowest BCUT2D eigenvalue weighted by molar-refractivity contribution is 0.0963. The Labute approximate surface area is 229 Å². The molecule has 2 fully saturated rings. The second-order valence-corrected chi connectivity index (χ2v) is 13.4. The number of amidine groups is 1. The Balaban J connectivity index is 1.65. The van der Waals surface area contributed by atoms with E-state index in [-0.39, 0.29) is 34.8 Å². The molecule has 0 bridgehead atoms. The van der Waals surface area contributed by atoms with Gasteiger partial charge in [0.1, 0.15) is 11.6 Å². The Bertz CT molecular complexity index is 1150. The average molecular weight is 518 g/mol. The molecule has 38 heavy (non-hydrogen) atoms. The Morgan fingerprint density at radius 3 is 2.13 bits per heavy atom. The second kappa shape index (κ2) is 10.7. The van der Waals surface area contributed by atoms with Gasteiger partial charge in [-0.3, -0.25) is 10.2 Å². The molecule has 206 valence electrons. The lowest BCUT2D eigenvalue weighted by atomic mass is 9.78. The van der Waals surface area contributed by atoms with Crippen molar-refractivity contribution < 1.29 is 9.90 Å². The van der Waals surface area contributed by atoms with Crippen LogP contribution in [0.5, 0.6) is 5.75 Å². The maximum Gasteiger partial charge on any atom is 0.182 e. The number of rotatable bonds is 7. The van der Waals surface area contributed by atoms with E-state index in [0.717, 1.165) is 43.6 Å². The first-order valence-electron chi connectivity index (χ1n) is 14.4. The molecule has 2 saturated heterocycles. The van der Waals surface area contributed by atoms with Gasteiger partial charge < -0.3 is 14.9 Å². The van der Waals surface area contributed by atoms with Crippen molar-refractivity contribution in [1.82, 2.24) is 4.90 Å². The third kappa shape index (κ3) is 5.62. The van der Waals surface area contributed by atoms with E-state index < -0.39 is 0 Å². The van der Waals surface area contributed by atoms with E-state index in [4.69, 9.17) is 0 Å². The third-order valence-corrected chi connectivity index (χ3v) is 8.32. The Hall–Kier alpha value is -2.82. The largest absolute Gasteiger partial charge is 0.507 e. The van der Waals surface area contributed by atoms with Gasteiger partial charge in [-0.2, -0.15) is 0 Å². The highest BCUT2D eigenvalue weighted by Gasteiger charge is 2.40. The monoisotopic (exact) mass is 517 g/mol. The van der Waals surface area contributed by atoms with Crippen molar-refractivity contribution in [3.05, 3.63) is 58.7 Å². The first-order valence-corrected chi connectivity index (χ1v) is 14.4. The average Bonchev–Trinajstić information content (AvgIpc) is 3.47. The van der Waals surface area contributed by atoms with E-state index in [9.17, 15) is 15.3 Å². The number of anilines is 1. The molecule has 0 spiro atoms. The van der Waals surface area contributed by atoms with Crippen LogP contribution in [0.4, 0.5) is 5.69 Å². The molecule has 0 aromatic heterocycles. The SMILES string of the molecule is CCC[C@H]1CN(CC(=O)c2cc(C(C)(C)C)c(O)c(C(C)(C)C)c2)C(=N)[C@@H]1c1ccccc1N1CCCC1. The summed E-state index contributed by atoms with van der Waals surface area (Å²) in [5.41, 5.74) is 4.13. The highest BCUT2D eigenvalue weighted by atomic mass is 16.3. The minimum Gasteiger partial charge on any atom is -0.507 e. The molecule has 2 aromatic rings. The van der Waals surface area contributed by atoms with Crippen LogP contribution >= 0.6 is 0 Å². The number of ketones is 1. The fourth-order valence-electron chi connectivity index (χ4n) is 6.29. The first-order chi connectivity index (χ1) is 17.8. The molecule has 5 nitrogen and oxygen atoms in total. The zero-order valence-corrected chi connectivity index (χ0v) is 24.5. The number of phenols is 1. The molecule has 0 saturated carbocycles. The maximum absolute atomic E-state index is 13.8. The summed E-state index contributed by atoms with van der Waals surface area (Å²) in [6, 6.07) is 12.4. The van der Waals surface area contributed by atoms with E-state index >= 15 is 0 Å². The lowest BCUT2D eigenvalue weighted by Gasteiger charge is -2.28. The van der Waals surface area contributed by atoms with Crippen molar-refractivity contribution in [1.29, 1.82) is 5.41 Å². The number of hydrogen-bond acceptors (Lipinski definition) is 4. The van der Waals surface area contributed by atoms with Gasteiger partial charge in [-0.1, -0.05) is 73.1 Å². The van der Waals surface area contributed by atoms with Gasteiger partial charge in [0.05, 0.1) is 6.54 Å². The highest BCUT2D eigenvalue weighted by Crippen LogP contribution is 2.43. The van der Waals surface area contributed by atoms with Crippen LogP contribution in [0.1, 0.15) is 107 Å². The van der Waals surface area contributed by atoms with Crippen LogP contribution in [0.2, 0.25) is 0 Å². The van der Waals surface area contributed by atoms with Gasteiger partial charge in [-0.05, 0) is 59.8 Å². The lowest BCUT2D eigenvalue weighted by Crippen LogP contribution is -2.32. The summed E-state index contributed by atoms with van der Waals surface area (Å²) < 4.78 is 0. The van der Waals surface area contributed by atoms with Gasteiger partial charge in [0.15, 0.2) is 5.78 Å². The van der Waals surface area contributed by atoms with Crippen LogP contribution in [-0.4, -0.2) is 47.8 Å². The summed E-state index contributed by atoms with van der Waals surface area (Å²) in [5.74, 6) is 1.19. The quantitative estimate of drug-likeness (QED) is 0.379. The molecule has 2 aliphatic rings. The summed E-state index contributed by atoms with van der Waals surface area (Å²) in [6.07, 6.45) is 4.53. The molecule has 2 atom stereocenters. The number of para-hydroxylation sites is 1. The van der Waals surface area contributed by atoms with Crippen LogP contribution < -0.4 is 4.90 Å². The van der Waals surface area contributed by atoms with Gasteiger partial charge in [-0.15, -0.1) is 0 Å². The number of Topliss-reactive ketones (excluding diaryl/α,β-unsaturated/α-hetero) is 1. The van der Waals surface area contributed by atoms with Gasteiger partial charge >= 0.3 is 0 Å². The molecule has 0 unspecified atom stereocenters. The van der Waals surface area contributed by atoms with Gasteiger partial charge in [0, 0.05) is 47.9 Å². The van der Waals surface area contributed by atoms with Crippen molar-refractivity contribution >= 4 is 17.3 Å². The Morgan fingerprint density at radius 2 is 1.58 bits per heavy atom. The topological polar surface area (TPSA) is 67.6 Å². The first kappa shape index (κ1) is 28.2. The van der Waals surface area contributed by atoms with Crippen molar-refractivity contribution in [2.75, 3.05) is 31.1 Å². The zero-order valence-electron chi connectivity index (χ0n) is 24.5. The van der Waals surface area contributed by atoms with E-state index in [1.807, 2.05) is 17.0 Å². The number of benzene rings is 2. The summed E-state index contributed by atoms with van der Waals surface area (Å²) in [6.45, 7) is 17.7. The molecule has 2 aromatic carbocycles. The molecule has 2 N–H and O–H groups in total. The van der Waals surface area contributed by atoms with Gasteiger partial charge in [0.2, 0.25) is 0 Å². The van der Waals surface area contributed by atoms with E-state index in [1.54, 1.807) is 0 Å². The van der Waals surface area contributed by atoms with E-state index in [1.165, 1.54) is 24.1 Å². The molecular formula is C33H47N3O2. The fraction of sp³-hybridized carbons (Fsp3) is 0.576. The number of hydrogen-bond donors (Lipinski definition) is 2. The Kier molecular flexibility index (Phi) is 7.97. The van der Waals surface area contributed by atoms with Crippen LogP contribution in [0, 0.1) is 11.3 Å². The smallest absolute Gasteiger partial charge is 0.182 e. The number of nitrogens with zero attached hydrogens (tertiary/aromatic N) is 2. The fourth-order valence-corrected chi connectivity index (χ4v) is 6.29. The van der Waals surface area contributed by atoms with Gasteiger partial charge in [-0.25, -0.2) is 0 Å². The molecule has 0 aliphatic carbocycles. The molecule has 5 heteroatoms. The number of nitrogens with one attached hydrogen (secondary N) is 1. The zero-order chi connectivity index (χ0) is 27.8. The standard InChI is InChI=1S/C33H47N3O2/c1-8-13-22-20-36(31(34)29(22)24-14-9-10-15-27(24)35-16-11-12-17-35)21-28(37)23-18-25(32(2,3)4)30(38)26(19-23)33(5,6)7/h9-10,14-15,18-19,22,29,34,38H,8,11-13,16-17,20-21H2,1-7H3/t22-,29-/m0/s1. The van der Waals surface area contributed by atoms with E-state index in [2.05, 4.69) is 77.6 Å². The summed E-state index contributed by atoms with van der Waals surface area (Å²) in [4.78, 5) is 18.3. The van der Waals surface area contributed by atoms with Gasteiger partial charge in [0.25, 0.3) is 0 Å². The van der Waals surface area contributed by atoms with Crippen molar-refractivity contribution in [3.63, 3.8) is 0 Å². The Morgan fingerprint density at radius 1 is 1.00 bits per heavy atom. The second-order valence-electron chi connectivity index (χ2n) is 13.4. The molecule has 4 rings (SSSR count). The minimum atomic E-state index is -0.294. The molecule has 0 amide bonds. The predicted molar refractivity (Wildman–Crippen MR) is 158 cm³/mol. The third-order valence-electron chi connectivity index (χ3n) is 8.32. The number of likely N-dealkylation sites (tertiary alicyclic amines) is 1. The molecule has 2 aliphatic heterocycles. The van der Waals surface area contributed by atoms with Crippen LogP contribution in [-0.2, 0) is 10.8 Å². The number of aromatic hydroxyl groups is 1. The minimum absolute atomic E-state index is 0.00877. The van der Waals surface area contributed by atoms with E-state index in [0.29, 0.717) is 17.3 Å². The summed E-state index contributed by atoms with van der Waals surface area (Å²) >= 11 is 0. The predicted octanol–water partition coefficient (Wildman–Crippen LogP) is 7.26. The van der Waals surface area contributed by atoms with Crippen LogP contribution in [0.25, 0.3) is 0 Å². The number of carbonyl (C=O) groups is 1. The van der Waals surface area contributed by atoms with Crippen molar-refractivity contribution in [3.8, 4) is 5.75 Å². The normalized spacial score (nSPS) is 20.4. The molecule has 2 heterocycles. The molecular weight excluding hydrogens is 470 g/mol. The van der Waals surface area contributed by atoms with Crippen molar-refractivity contribution in [2.45, 2.75) is 90.9 Å². The van der Waals surface area contributed by atoms with Crippen molar-refractivity contribution in [2.24, 2.45) is 5.92 Å². The molecule has 0 radical (unpaired) electrons. The summed E-state index contributed by atoms with van der Waals surface area (Å²) in [5, 5.41) is 20.4. The maximum atomic E-state index is 13.8. The van der Waals surface area contributed by atoms with Crippen LogP contribution in [0.15, 0.2) is 36.4 Å². The number of carbonyl (C=O) groups excluding carboxylic acids is 1. The van der Waals surface area contributed by atoms with Crippen LogP contribution in [0.3, 0.4) is 0 Å². The number of phenolic OH excluding ortho intramolecular Hbond substituents is 1. The summed E-state index contributed by atoms with van der Waals surface area (Å²) in [7, 11) is 0.